The Morgan fingerprint density at radius 2 is 2.04 bits per heavy atom. The second kappa shape index (κ2) is 5.81. The van der Waals surface area contributed by atoms with Crippen LogP contribution in [0.3, 0.4) is 0 Å². The molecule has 0 radical (unpaired) electrons. The standard InChI is InChI=1S/C18H15BrN2O2/c19-15-6-3-4-11-10-12(8-9-13(11)15)20-18(22)17-14-5-1-2-7-16(14)23-21-17/h3-4,6,8-10H,1-2,5,7H2,(H,20,22). The number of carbonyl (C=O) groups is 1. The lowest BCUT2D eigenvalue weighted by atomic mass is 9.96. The molecule has 1 aliphatic rings. The molecule has 1 aromatic heterocycles. The lowest BCUT2D eigenvalue weighted by Gasteiger charge is -2.10. The van der Waals surface area contributed by atoms with E-state index in [2.05, 4.69) is 26.4 Å². The quantitative estimate of drug-likeness (QED) is 0.709. The van der Waals surface area contributed by atoms with E-state index in [9.17, 15) is 4.79 Å². The van der Waals surface area contributed by atoms with E-state index in [1.807, 2.05) is 36.4 Å². The van der Waals surface area contributed by atoms with Gasteiger partial charge < -0.3 is 9.84 Å². The van der Waals surface area contributed by atoms with Crippen LogP contribution in [0.4, 0.5) is 5.69 Å². The molecule has 1 heterocycles. The Labute approximate surface area is 142 Å². The Hall–Kier alpha value is -2.14. The van der Waals surface area contributed by atoms with Crippen molar-refractivity contribution < 1.29 is 9.32 Å². The van der Waals surface area contributed by atoms with Crippen molar-refractivity contribution >= 4 is 38.3 Å². The second-order valence-electron chi connectivity index (χ2n) is 5.77. The molecular weight excluding hydrogens is 356 g/mol. The van der Waals surface area contributed by atoms with E-state index in [0.717, 1.165) is 57.9 Å². The molecule has 0 saturated carbocycles. The molecule has 1 amide bonds. The molecule has 0 fully saturated rings. The summed E-state index contributed by atoms with van der Waals surface area (Å²) in [4.78, 5) is 12.5. The minimum Gasteiger partial charge on any atom is -0.360 e. The molecular formula is C18H15BrN2O2. The van der Waals surface area contributed by atoms with E-state index in [1.54, 1.807) is 0 Å². The van der Waals surface area contributed by atoms with Gasteiger partial charge in [0, 0.05) is 22.1 Å². The predicted molar refractivity (Wildman–Crippen MR) is 92.7 cm³/mol. The number of aryl methyl sites for hydroxylation is 1. The fraction of sp³-hybridized carbons (Fsp3) is 0.222. The molecule has 0 saturated heterocycles. The fourth-order valence-electron chi connectivity index (χ4n) is 3.08. The number of hydrogen-bond acceptors (Lipinski definition) is 3. The molecule has 116 valence electrons. The van der Waals surface area contributed by atoms with Gasteiger partial charge in [-0.25, -0.2) is 0 Å². The van der Waals surface area contributed by atoms with Crippen molar-refractivity contribution in [1.29, 1.82) is 0 Å². The number of benzene rings is 2. The number of anilines is 1. The molecule has 5 heteroatoms. The van der Waals surface area contributed by atoms with Crippen LogP contribution in [0.15, 0.2) is 45.4 Å². The SMILES string of the molecule is O=C(Nc1ccc2c(Br)cccc2c1)c1noc2c1CCCC2. The molecule has 0 atom stereocenters. The van der Waals surface area contributed by atoms with E-state index < -0.39 is 0 Å². The largest absolute Gasteiger partial charge is 0.360 e. The van der Waals surface area contributed by atoms with Crippen LogP contribution in [0.25, 0.3) is 10.8 Å². The number of hydrogen-bond donors (Lipinski definition) is 1. The first-order chi connectivity index (χ1) is 11.2. The van der Waals surface area contributed by atoms with Crippen LogP contribution in [0.2, 0.25) is 0 Å². The molecule has 3 aromatic rings. The lowest BCUT2D eigenvalue weighted by molar-refractivity contribution is 0.101. The van der Waals surface area contributed by atoms with Crippen LogP contribution in [0.1, 0.15) is 34.7 Å². The third kappa shape index (κ3) is 2.65. The van der Waals surface area contributed by atoms with Gasteiger partial charge in [0.05, 0.1) is 0 Å². The molecule has 1 aliphatic carbocycles. The number of rotatable bonds is 2. The van der Waals surface area contributed by atoms with Crippen LogP contribution in [-0.2, 0) is 12.8 Å². The van der Waals surface area contributed by atoms with Crippen molar-refractivity contribution in [2.75, 3.05) is 5.32 Å². The Balaban J connectivity index is 1.63. The van der Waals surface area contributed by atoms with Crippen molar-refractivity contribution in [1.82, 2.24) is 5.16 Å². The highest BCUT2D eigenvalue weighted by atomic mass is 79.9. The minimum atomic E-state index is -0.203. The topological polar surface area (TPSA) is 55.1 Å². The number of nitrogens with one attached hydrogen (secondary N) is 1. The summed E-state index contributed by atoms with van der Waals surface area (Å²) in [5, 5.41) is 9.09. The van der Waals surface area contributed by atoms with Crippen LogP contribution in [0.5, 0.6) is 0 Å². The van der Waals surface area contributed by atoms with E-state index in [4.69, 9.17) is 4.52 Å². The van der Waals surface area contributed by atoms with Crippen molar-refractivity contribution in [2.45, 2.75) is 25.7 Å². The van der Waals surface area contributed by atoms with Crippen LogP contribution < -0.4 is 5.32 Å². The number of fused-ring (bicyclic) bond motifs is 2. The third-order valence-electron chi connectivity index (χ3n) is 4.25. The second-order valence-corrected chi connectivity index (χ2v) is 6.62. The zero-order valence-electron chi connectivity index (χ0n) is 12.4. The number of nitrogens with zero attached hydrogens (tertiary/aromatic N) is 1. The summed E-state index contributed by atoms with van der Waals surface area (Å²) in [6, 6.07) is 11.9. The molecule has 2 aromatic carbocycles. The molecule has 4 rings (SSSR count). The van der Waals surface area contributed by atoms with E-state index in [0.29, 0.717) is 5.69 Å². The van der Waals surface area contributed by atoms with Crippen LogP contribution in [0, 0.1) is 0 Å². The highest BCUT2D eigenvalue weighted by Gasteiger charge is 2.24. The predicted octanol–water partition coefficient (Wildman–Crippen LogP) is 4.72. The summed E-state index contributed by atoms with van der Waals surface area (Å²) in [6.45, 7) is 0. The molecule has 0 aliphatic heterocycles. The van der Waals surface area contributed by atoms with Crippen LogP contribution in [-0.4, -0.2) is 11.1 Å². The molecule has 0 spiro atoms. The first kappa shape index (κ1) is 14.5. The first-order valence-electron chi connectivity index (χ1n) is 7.69. The maximum atomic E-state index is 12.5. The minimum absolute atomic E-state index is 0.203. The number of carbonyl (C=O) groups excluding carboxylic acids is 1. The van der Waals surface area contributed by atoms with Gasteiger partial charge in [-0.2, -0.15) is 0 Å². The van der Waals surface area contributed by atoms with Gasteiger partial charge in [-0.05, 0) is 48.2 Å². The van der Waals surface area contributed by atoms with Gasteiger partial charge >= 0.3 is 0 Å². The maximum Gasteiger partial charge on any atom is 0.278 e. The lowest BCUT2D eigenvalue weighted by Crippen LogP contribution is -2.15. The van der Waals surface area contributed by atoms with E-state index in [-0.39, 0.29) is 5.91 Å². The summed E-state index contributed by atoms with van der Waals surface area (Å²) in [5.74, 6) is 0.662. The third-order valence-corrected chi connectivity index (χ3v) is 4.94. The Bertz CT molecular complexity index is 901. The summed E-state index contributed by atoms with van der Waals surface area (Å²) < 4.78 is 6.36. The Morgan fingerprint density at radius 3 is 2.96 bits per heavy atom. The molecule has 23 heavy (non-hydrogen) atoms. The van der Waals surface area contributed by atoms with Gasteiger partial charge in [0.15, 0.2) is 5.69 Å². The molecule has 0 bridgehead atoms. The summed E-state index contributed by atoms with van der Waals surface area (Å²) in [7, 11) is 0. The Kier molecular flexibility index (Phi) is 3.65. The number of aromatic nitrogens is 1. The summed E-state index contributed by atoms with van der Waals surface area (Å²) >= 11 is 3.54. The zero-order chi connectivity index (χ0) is 15.8. The Morgan fingerprint density at radius 1 is 1.17 bits per heavy atom. The zero-order valence-corrected chi connectivity index (χ0v) is 14.0. The van der Waals surface area contributed by atoms with Crippen molar-refractivity contribution in [3.63, 3.8) is 0 Å². The smallest absolute Gasteiger partial charge is 0.278 e. The van der Waals surface area contributed by atoms with Crippen molar-refractivity contribution in [3.05, 3.63) is 57.9 Å². The average molecular weight is 371 g/mol. The van der Waals surface area contributed by atoms with Gasteiger partial charge in [-0.15, -0.1) is 0 Å². The normalized spacial score (nSPS) is 13.8. The molecule has 4 nitrogen and oxygen atoms in total. The number of halogens is 1. The first-order valence-corrected chi connectivity index (χ1v) is 8.49. The summed E-state index contributed by atoms with van der Waals surface area (Å²) in [6.07, 6.45) is 3.92. The summed E-state index contributed by atoms with van der Waals surface area (Å²) in [5.41, 5.74) is 2.15. The fourth-order valence-corrected chi connectivity index (χ4v) is 3.59. The van der Waals surface area contributed by atoms with Gasteiger partial charge in [-0.3, -0.25) is 4.79 Å². The van der Waals surface area contributed by atoms with E-state index in [1.165, 1.54) is 0 Å². The highest BCUT2D eigenvalue weighted by molar-refractivity contribution is 9.10. The molecule has 1 N–H and O–H groups in total. The monoisotopic (exact) mass is 370 g/mol. The van der Waals surface area contributed by atoms with Crippen LogP contribution >= 0.6 is 15.9 Å². The van der Waals surface area contributed by atoms with Crippen molar-refractivity contribution in [2.24, 2.45) is 0 Å². The molecule has 0 unspecified atom stereocenters. The van der Waals surface area contributed by atoms with Crippen molar-refractivity contribution in [3.8, 4) is 0 Å². The number of amides is 1. The van der Waals surface area contributed by atoms with Gasteiger partial charge in [0.25, 0.3) is 5.91 Å². The maximum absolute atomic E-state index is 12.5. The van der Waals surface area contributed by atoms with Gasteiger partial charge in [0.1, 0.15) is 5.76 Å². The van der Waals surface area contributed by atoms with E-state index >= 15 is 0 Å². The van der Waals surface area contributed by atoms with Gasteiger partial charge in [0.2, 0.25) is 0 Å². The van der Waals surface area contributed by atoms with Gasteiger partial charge in [-0.1, -0.05) is 39.3 Å². The highest BCUT2D eigenvalue weighted by Crippen LogP contribution is 2.28. The average Bonchev–Trinajstić information content (AvgIpc) is 2.99.